The van der Waals surface area contributed by atoms with Crippen molar-refractivity contribution in [2.45, 2.75) is 32.8 Å². The van der Waals surface area contributed by atoms with Crippen molar-refractivity contribution in [3.05, 3.63) is 0 Å². The van der Waals surface area contributed by atoms with E-state index in [9.17, 15) is 14.7 Å². The number of hydrogen-bond acceptors (Lipinski definition) is 4. The molecule has 0 spiro atoms. The van der Waals surface area contributed by atoms with Gasteiger partial charge in [0.25, 0.3) is 0 Å². The molecule has 4 nitrogen and oxygen atoms in total. The fraction of sp³-hybridized carbons (Fsp3) is 0.714. The molecule has 0 bridgehead atoms. The average Bonchev–Trinajstić information content (AvgIpc) is 1.87. The predicted molar refractivity (Wildman–Crippen MR) is 35.5 cm³/mol. The van der Waals surface area contributed by atoms with Crippen LogP contribution in [0.1, 0.15) is 27.2 Å². The van der Waals surface area contributed by atoms with Crippen molar-refractivity contribution in [3.63, 3.8) is 0 Å². The van der Waals surface area contributed by atoms with E-state index in [1.807, 2.05) is 0 Å². The Balaban J connectivity index is 0. The van der Waals surface area contributed by atoms with Crippen molar-refractivity contribution in [2.75, 3.05) is 0 Å². The van der Waals surface area contributed by atoms with Crippen molar-refractivity contribution < 1.29 is 88.3 Å². The molecule has 0 atom stereocenters. The Kier molecular flexibility index (Phi) is 8.31. The molecule has 64 valence electrons. The van der Waals surface area contributed by atoms with E-state index in [4.69, 9.17) is 0 Å². The summed E-state index contributed by atoms with van der Waals surface area (Å²) < 4.78 is 4.55. The standard InChI is InChI=1S/C7H12O4.Cs/c1-4-7(2,3)11-6(10)5(8)9;/h4H2,1-3H3,(H,8,9);/q;+1/p-1. The summed E-state index contributed by atoms with van der Waals surface area (Å²) >= 11 is 0. The molecule has 0 aromatic heterocycles. The monoisotopic (exact) mass is 292 g/mol. The molecule has 0 aromatic rings. The first-order valence-corrected chi connectivity index (χ1v) is 3.33. The first-order chi connectivity index (χ1) is 4.89. The Morgan fingerprint density at radius 1 is 1.42 bits per heavy atom. The van der Waals surface area contributed by atoms with Crippen LogP contribution in [0.3, 0.4) is 0 Å². The summed E-state index contributed by atoms with van der Waals surface area (Å²) in [4.78, 5) is 20.3. The van der Waals surface area contributed by atoms with Gasteiger partial charge in [0.1, 0.15) is 5.60 Å². The van der Waals surface area contributed by atoms with Gasteiger partial charge in [0.15, 0.2) is 5.97 Å². The molecule has 0 aliphatic carbocycles. The number of carbonyl (C=O) groups is 2. The van der Waals surface area contributed by atoms with Crippen LogP contribution in [0, 0.1) is 0 Å². The van der Waals surface area contributed by atoms with Gasteiger partial charge in [-0.2, -0.15) is 0 Å². The van der Waals surface area contributed by atoms with Crippen LogP contribution in [0.4, 0.5) is 0 Å². The van der Waals surface area contributed by atoms with Gasteiger partial charge in [-0.05, 0) is 20.3 Å². The Bertz CT molecular complexity index is 176. The molecular formula is C7H11CsO4. The third kappa shape index (κ3) is 6.50. The van der Waals surface area contributed by atoms with Crippen LogP contribution in [0.25, 0.3) is 0 Å². The fourth-order valence-corrected chi connectivity index (χ4v) is 0.365. The first-order valence-electron chi connectivity index (χ1n) is 3.33. The van der Waals surface area contributed by atoms with Crippen molar-refractivity contribution in [2.24, 2.45) is 0 Å². The number of aliphatic carboxylic acids is 1. The van der Waals surface area contributed by atoms with Crippen LogP contribution in [-0.2, 0) is 14.3 Å². The normalized spacial score (nSPS) is 9.92. The summed E-state index contributed by atoms with van der Waals surface area (Å²) in [6, 6.07) is 0. The number of carboxylic acid groups (broad SMARTS) is 1. The zero-order valence-electron chi connectivity index (χ0n) is 7.84. The number of esters is 1. The molecule has 0 amide bonds. The van der Waals surface area contributed by atoms with Crippen LogP contribution in [0.5, 0.6) is 0 Å². The third-order valence-corrected chi connectivity index (χ3v) is 1.39. The molecule has 0 heterocycles. The molecule has 0 aliphatic rings. The second-order valence-electron chi connectivity index (χ2n) is 2.79. The van der Waals surface area contributed by atoms with Crippen LogP contribution < -0.4 is 74.0 Å². The van der Waals surface area contributed by atoms with E-state index in [0.29, 0.717) is 6.42 Å². The van der Waals surface area contributed by atoms with Crippen molar-refractivity contribution in [3.8, 4) is 0 Å². The second-order valence-corrected chi connectivity index (χ2v) is 2.79. The molecule has 5 heteroatoms. The Morgan fingerprint density at radius 3 is 2.08 bits per heavy atom. The van der Waals surface area contributed by atoms with Gasteiger partial charge in [-0.1, -0.05) is 6.92 Å². The summed E-state index contributed by atoms with van der Waals surface area (Å²) in [5.41, 5.74) is -0.725. The molecule has 0 rings (SSSR count). The smallest absolute Gasteiger partial charge is 0.539 e. The van der Waals surface area contributed by atoms with E-state index in [0.717, 1.165) is 0 Å². The maximum atomic E-state index is 10.4. The topological polar surface area (TPSA) is 66.4 Å². The maximum Gasteiger partial charge on any atom is 1.00 e. The summed E-state index contributed by atoms with van der Waals surface area (Å²) in [5, 5.41) is 9.91. The van der Waals surface area contributed by atoms with E-state index >= 15 is 0 Å². The summed E-state index contributed by atoms with van der Waals surface area (Å²) in [5.74, 6) is -3.11. The molecule has 12 heavy (non-hydrogen) atoms. The number of hydrogen-bond donors (Lipinski definition) is 0. The summed E-state index contributed by atoms with van der Waals surface area (Å²) in [6.07, 6.45) is 0.562. The van der Waals surface area contributed by atoms with E-state index in [1.54, 1.807) is 20.8 Å². The molecule has 0 aliphatic heterocycles. The van der Waals surface area contributed by atoms with Gasteiger partial charge in [-0.3, -0.25) is 0 Å². The van der Waals surface area contributed by atoms with Crippen LogP contribution in [-0.4, -0.2) is 17.5 Å². The number of carbonyl (C=O) groups excluding carboxylic acids is 2. The molecule has 0 saturated heterocycles. The second kappa shape index (κ2) is 6.45. The van der Waals surface area contributed by atoms with Gasteiger partial charge in [0.05, 0.1) is 0 Å². The fourth-order valence-electron chi connectivity index (χ4n) is 0.365. The maximum absolute atomic E-state index is 10.4. The van der Waals surface area contributed by atoms with Crippen LogP contribution in [0.15, 0.2) is 0 Å². The van der Waals surface area contributed by atoms with Crippen LogP contribution >= 0.6 is 0 Å². The zero-order chi connectivity index (χ0) is 9.07. The minimum absolute atomic E-state index is 0. The van der Waals surface area contributed by atoms with E-state index in [-0.39, 0.29) is 68.9 Å². The van der Waals surface area contributed by atoms with Crippen molar-refractivity contribution in [1.82, 2.24) is 0 Å². The summed E-state index contributed by atoms with van der Waals surface area (Å²) in [7, 11) is 0. The SMILES string of the molecule is CCC(C)(C)OC(=O)C(=O)[O-].[Cs+]. The summed E-state index contributed by atoms with van der Waals surface area (Å²) in [6.45, 7) is 5.06. The quantitative estimate of drug-likeness (QED) is 0.391. The van der Waals surface area contributed by atoms with Gasteiger partial charge >= 0.3 is 74.9 Å². The number of rotatable bonds is 2. The number of ether oxygens (including phenoxy) is 1. The Hall–Kier alpha value is 0.992. The van der Waals surface area contributed by atoms with Gasteiger partial charge in [0, 0.05) is 0 Å². The molecular weight excluding hydrogens is 281 g/mol. The first kappa shape index (κ1) is 15.5. The van der Waals surface area contributed by atoms with Gasteiger partial charge in [0.2, 0.25) is 0 Å². The minimum atomic E-state index is -1.80. The van der Waals surface area contributed by atoms with Gasteiger partial charge in [-0.15, -0.1) is 0 Å². The molecule has 0 unspecified atom stereocenters. The molecule has 0 aromatic carbocycles. The predicted octanol–water partition coefficient (Wildman–Crippen LogP) is -3.53. The Labute approximate surface area is 130 Å². The van der Waals surface area contributed by atoms with E-state index in [2.05, 4.69) is 4.74 Å². The molecule has 0 N–H and O–H groups in total. The number of carboxylic acids is 1. The third-order valence-electron chi connectivity index (χ3n) is 1.39. The molecule has 0 radical (unpaired) electrons. The van der Waals surface area contributed by atoms with E-state index < -0.39 is 17.5 Å². The molecule has 0 saturated carbocycles. The minimum Gasteiger partial charge on any atom is -0.539 e. The Morgan fingerprint density at radius 2 is 1.83 bits per heavy atom. The average molecular weight is 292 g/mol. The van der Waals surface area contributed by atoms with Gasteiger partial charge in [-0.25, -0.2) is 4.79 Å². The van der Waals surface area contributed by atoms with E-state index in [1.165, 1.54) is 0 Å². The van der Waals surface area contributed by atoms with Crippen molar-refractivity contribution in [1.29, 1.82) is 0 Å². The largest absolute Gasteiger partial charge is 1.00 e. The van der Waals surface area contributed by atoms with Gasteiger partial charge < -0.3 is 14.6 Å². The molecule has 0 fully saturated rings. The van der Waals surface area contributed by atoms with Crippen molar-refractivity contribution >= 4 is 11.9 Å². The zero-order valence-corrected chi connectivity index (χ0v) is 14.1. The van der Waals surface area contributed by atoms with Crippen LogP contribution in [0.2, 0.25) is 0 Å².